The molecule has 34 heavy (non-hydrogen) atoms. The number of hydrogen-bond acceptors (Lipinski definition) is 5. The summed E-state index contributed by atoms with van der Waals surface area (Å²) in [4.78, 5) is 41.4. The van der Waals surface area contributed by atoms with Gasteiger partial charge in [-0.1, -0.05) is 39.0 Å². The minimum absolute atomic E-state index is 0.0712. The molecule has 2 aromatic rings. The quantitative estimate of drug-likeness (QED) is 0.605. The number of likely N-dealkylation sites (N-methyl/N-ethyl adjacent to an activating group) is 1. The third kappa shape index (κ3) is 4.56. The maximum atomic E-state index is 13.8. The molecule has 1 aliphatic heterocycles. The molecule has 3 unspecified atom stereocenters. The molecule has 0 spiro atoms. The fourth-order valence-corrected chi connectivity index (χ4v) is 5.33. The second-order valence-electron chi connectivity index (χ2n) is 10.7. The van der Waals surface area contributed by atoms with Crippen molar-refractivity contribution in [3.05, 3.63) is 36.1 Å². The lowest BCUT2D eigenvalue weighted by molar-refractivity contribution is -0.141. The van der Waals surface area contributed by atoms with Crippen LogP contribution in [0.3, 0.4) is 0 Å². The van der Waals surface area contributed by atoms with Crippen LogP contribution in [0.1, 0.15) is 57.3 Å². The minimum atomic E-state index is -0.649. The first-order valence-corrected chi connectivity index (χ1v) is 12.2. The van der Waals surface area contributed by atoms with E-state index in [4.69, 9.17) is 4.42 Å². The van der Waals surface area contributed by atoms with E-state index in [0.29, 0.717) is 23.6 Å². The molecule has 0 radical (unpaired) electrons. The summed E-state index contributed by atoms with van der Waals surface area (Å²) in [5, 5.41) is 9.87. The van der Waals surface area contributed by atoms with E-state index in [1.54, 1.807) is 14.0 Å². The molecule has 1 saturated carbocycles. The van der Waals surface area contributed by atoms with Gasteiger partial charge < -0.3 is 25.3 Å². The lowest BCUT2D eigenvalue weighted by atomic mass is 9.85. The van der Waals surface area contributed by atoms with Crippen molar-refractivity contribution in [1.29, 1.82) is 0 Å². The van der Waals surface area contributed by atoms with Gasteiger partial charge in [-0.05, 0) is 50.6 Å². The number of amides is 3. The van der Waals surface area contributed by atoms with Crippen LogP contribution in [0.25, 0.3) is 11.0 Å². The first-order valence-electron chi connectivity index (χ1n) is 12.2. The molecular formula is C26H36N4O4. The van der Waals surface area contributed by atoms with E-state index in [0.717, 1.165) is 24.6 Å². The van der Waals surface area contributed by atoms with Gasteiger partial charge in [-0.25, -0.2) is 0 Å². The number of carbonyl (C=O) groups excluding carboxylic acids is 3. The van der Waals surface area contributed by atoms with Crippen LogP contribution in [0.2, 0.25) is 0 Å². The van der Waals surface area contributed by atoms with Crippen LogP contribution in [0.5, 0.6) is 0 Å². The summed E-state index contributed by atoms with van der Waals surface area (Å²) in [6, 6.07) is 6.22. The van der Waals surface area contributed by atoms with Crippen molar-refractivity contribution in [2.75, 3.05) is 13.6 Å². The third-order valence-electron chi connectivity index (χ3n) is 7.40. The molecule has 1 aromatic carbocycles. The van der Waals surface area contributed by atoms with Gasteiger partial charge in [0.15, 0.2) is 0 Å². The topological polar surface area (TPSA) is 104 Å². The number of nitrogens with zero attached hydrogens (tertiary/aromatic N) is 1. The van der Waals surface area contributed by atoms with Gasteiger partial charge in [0.1, 0.15) is 17.9 Å². The van der Waals surface area contributed by atoms with Gasteiger partial charge in [-0.3, -0.25) is 14.4 Å². The van der Waals surface area contributed by atoms with E-state index < -0.39 is 17.5 Å². The Kier molecular flexibility index (Phi) is 6.71. The number of furan rings is 1. The second-order valence-corrected chi connectivity index (χ2v) is 10.7. The molecule has 1 aliphatic carbocycles. The maximum Gasteiger partial charge on any atom is 0.255 e. The number of nitrogens with one attached hydrogen (secondary N) is 3. The van der Waals surface area contributed by atoms with Crippen LogP contribution in [0, 0.1) is 11.3 Å². The normalized spacial score (nSPS) is 24.0. The maximum absolute atomic E-state index is 13.8. The molecule has 4 rings (SSSR count). The molecule has 5 atom stereocenters. The summed E-state index contributed by atoms with van der Waals surface area (Å²) in [6.07, 6.45) is 4.20. The van der Waals surface area contributed by atoms with Crippen LogP contribution in [-0.4, -0.2) is 60.4 Å². The molecule has 3 N–H and O–H groups in total. The number of hydrogen-bond donors (Lipinski definition) is 3. The number of likely N-dealkylation sites (tertiary alicyclic amines) is 1. The highest BCUT2D eigenvalue weighted by Crippen LogP contribution is 2.39. The largest absolute Gasteiger partial charge is 0.463 e. The van der Waals surface area contributed by atoms with Crippen LogP contribution in [0.15, 0.2) is 34.9 Å². The van der Waals surface area contributed by atoms with E-state index in [2.05, 4.69) is 16.0 Å². The molecule has 3 amide bonds. The van der Waals surface area contributed by atoms with E-state index in [1.807, 2.05) is 49.9 Å². The van der Waals surface area contributed by atoms with Crippen LogP contribution < -0.4 is 16.0 Å². The van der Waals surface area contributed by atoms with Gasteiger partial charge in [0.2, 0.25) is 11.8 Å². The van der Waals surface area contributed by atoms with Crippen molar-refractivity contribution in [3.63, 3.8) is 0 Å². The number of carbonyl (C=O) groups is 3. The SMILES string of the molecule is CN[C@@H](C)C(=O)N[C@H](C(=O)N1CCC2CCC(NC(=O)c3coc4ccccc34)C21)C(C)(C)C. The Bertz CT molecular complexity index is 1070. The summed E-state index contributed by atoms with van der Waals surface area (Å²) >= 11 is 0. The summed E-state index contributed by atoms with van der Waals surface area (Å²) in [5.74, 6) is -0.109. The molecule has 8 nitrogen and oxygen atoms in total. The average molecular weight is 469 g/mol. The lowest BCUT2D eigenvalue weighted by Crippen LogP contribution is -2.60. The van der Waals surface area contributed by atoms with Crippen molar-refractivity contribution >= 4 is 28.7 Å². The monoisotopic (exact) mass is 468 g/mol. The number of benzene rings is 1. The van der Waals surface area contributed by atoms with Gasteiger partial charge in [0, 0.05) is 18.0 Å². The lowest BCUT2D eigenvalue weighted by Gasteiger charge is -2.37. The predicted octanol–water partition coefficient (Wildman–Crippen LogP) is 2.68. The Morgan fingerprint density at radius 1 is 1.12 bits per heavy atom. The van der Waals surface area contributed by atoms with Crippen LogP contribution in [0.4, 0.5) is 0 Å². The van der Waals surface area contributed by atoms with Crippen molar-refractivity contribution in [2.24, 2.45) is 11.3 Å². The molecule has 184 valence electrons. The zero-order chi connectivity index (χ0) is 24.6. The van der Waals surface area contributed by atoms with Crippen LogP contribution in [-0.2, 0) is 9.59 Å². The van der Waals surface area contributed by atoms with Crippen molar-refractivity contribution in [1.82, 2.24) is 20.9 Å². The molecule has 2 heterocycles. The van der Waals surface area contributed by atoms with E-state index in [1.165, 1.54) is 6.26 Å². The molecular weight excluding hydrogens is 432 g/mol. The van der Waals surface area contributed by atoms with E-state index in [-0.39, 0.29) is 29.8 Å². The Balaban J connectivity index is 1.52. The highest BCUT2D eigenvalue weighted by molar-refractivity contribution is 6.06. The highest BCUT2D eigenvalue weighted by Gasteiger charge is 2.49. The number of fused-ring (bicyclic) bond motifs is 2. The Labute approximate surface area is 200 Å². The number of para-hydroxylation sites is 1. The summed E-state index contributed by atoms with van der Waals surface area (Å²) in [6.45, 7) is 8.30. The van der Waals surface area contributed by atoms with Gasteiger partial charge in [-0.2, -0.15) is 0 Å². The predicted molar refractivity (Wildman–Crippen MR) is 130 cm³/mol. The molecule has 0 bridgehead atoms. The fraction of sp³-hybridized carbons (Fsp3) is 0.577. The fourth-order valence-electron chi connectivity index (χ4n) is 5.33. The number of rotatable bonds is 6. The second kappa shape index (κ2) is 9.41. The molecule has 8 heteroatoms. The van der Waals surface area contributed by atoms with Gasteiger partial charge in [-0.15, -0.1) is 0 Å². The molecule has 2 aliphatic rings. The third-order valence-corrected chi connectivity index (χ3v) is 7.40. The zero-order valence-corrected chi connectivity index (χ0v) is 20.7. The standard InChI is InChI=1S/C26H36N4O4/c1-15(27-5)23(31)29-22(26(2,3)4)25(33)30-13-12-16-10-11-19(21(16)30)28-24(32)18-14-34-20-9-7-6-8-17(18)20/h6-9,14-16,19,21-22,27H,10-13H2,1-5H3,(H,28,32)(H,29,31)/t15-,16?,19?,21?,22+/m0/s1. The average Bonchev–Trinajstić information content (AvgIpc) is 3.51. The van der Waals surface area contributed by atoms with E-state index in [9.17, 15) is 14.4 Å². The molecule has 1 saturated heterocycles. The first kappa shape index (κ1) is 24.3. The highest BCUT2D eigenvalue weighted by atomic mass is 16.3. The Morgan fingerprint density at radius 2 is 1.85 bits per heavy atom. The van der Waals surface area contributed by atoms with Gasteiger partial charge in [0.05, 0.1) is 17.6 Å². The molecule has 1 aromatic heterocycles. The van der Waals surface area contributed by atoms with Crippen molar-refractivity contribution in [2.45, 2.75) is 71.1 Å². The smallest absolute Gasteiger partial charge is 0.255 e. The zero-order valence-electron chi connectivity index (χ0n) is 20.7. The molecule has 2 fully saturated rings. The Hall–Kier alpha value is -2.87. The van der Waals surface area contributed by atoms with E-state index >= 15 is 0 Å². The summed E-state index contributed by atoms with van der Waals surface area (Å²) < 4.78 is 5.54. The van der Waals surface area contributed by atoms with Gasteiger partial charge >= 0.3 is 0 Å². The van der Waals surface area contributed by atoms with Gasteiger partial charge in [0.25, 0.3) is 5.91 Å². The first-order chi connectivity index (χ1) is 16.1. The summed E-state index contributed by atoms with van der Waals surface area (Å²) in [5.41, 5.74) is 0.732. The van der Waals surface area contributed by atoms with Crippen LogP contribution >= 0.6 is 0 Å². The Morgan fingerprint density at radius 3 is 2.56 bits per heavy atom. The summed E-state index contributed by atoms with van der Waals surface area (Å²) in [7, 11) is 1.72. The van der Waals surface area contributed by atoms with Crippen molar-refractivity contribution in [3.8, 4) is 0 Å². The minimum Gasteiger partial charge on any atom is -0.463 e. The van der Waals surface area contributed by atoms with Crippen molar-refractivity contribution < 1.29 is 18.8 Å².